The minimum absolute atomic E-state index is 0.613. The van der Waals surface area contributed by atoms with Gasteiger partial charge in [0, 0.05) is 30.4 Å². The Labute approximate surface area is 192 Å². The molecule has 0 radical (unpaired) electrons. The van der Waals surface area contributed by atoms with Gasteiger partial charge in [0.1, 0.15) is 0 Å². The molecule has 0 fully saturated rings. The van der Waals surface area contributed by atoms with Crippen LogP contribution < -0.4 is 0 Å². The number of aryl methyl sites for hydroxylation is 2. The average Bonchev–Trinajstić information content (AvgIpc) is 2.99. The van der Waals surface area contributed by atoms with E-state index in [1.807, 2.05) is 0 Å². The summed E-state index contributed by atoms with van der Waals surface area (Å²) in [4.78, 5) is 8.11. The van der Waals surface area contributed by atoms with Crippen LogP contribution >= 0.6 is 0 Å². The molecular formula is C26H20N2. The van der Waals surface area contributed by atoms with Gasteiger partial charge in [-0.1, -0.05) is 72.5 Å². The van der Waals surface area contributed by atoms with Crippen molar-refractivity contribution in [3.63, 3.8) is 0 Å². The van der Waals surface area contributed by atoms with Crippen molar-refractivity contribution in [2.75, 3.05) is 0 Å². The van der Waals surface area contributed by atoms with E-state index < -0.39 is 154 Å². The summed E-state index contributed by atoms with van der Waals surface area (Å²) >= 11 is 0. The number of fused-ring (bicyclic) bond motifs is 3. The fraction of sp³-hybridized carbons (Fsp3) is 0.0769. The van der Waals surface area contributed by atoms with Crippen molar-refractivity contribution in [2.45, 2.75) is 13.7 Å². The Balaban J connectivity index is 2.22. The summed E-state index contributed by atoms with van der Waals surface area (Å²) in [6.07, 6.45) is 0. The molecule has 5 rings (SSSR count). The van der Waals surface area contributed by atoms with Crippen molar-refractivity contribution in [2.24, 2.45) is 0 Å². The Kier molecular flexibility index (Phi) is 1.35. The smallest absolute Gasteiger partial charge is 0.0974 e. The molecule has 0 saturated heterocycles. The van der Waals surface area contributed by atoms with E-state index in [1.54, 1.807) is 0 Å². The van der Waals surface area contributed by atoms with Gasteiger partial charge in [0.15, 0.2) is 0 Å². The lowest BCUT2D eigenvalue weighted by Crippen LogP contribution is -1.94. The molecule has 2 heterocycles. The molecule has 28 heavy (non-hydrogen) atoms. The Morgan fingerprint density at radius 2 is 1.04 bits per heavy atom. The topological polar surface area (TPSA) is 25.8 Å². The lowest BCUT2D eigenvalue weighted by Gasteiger charge is -2.13. The monoisotopic (exact) mass is 380 g/mol. The van der Waals surface area contributed by atoms with Gasteiger partial charge in [-0.2, -0.15) is 0 Å². The maximum absolute atomic E-state index is 9.00. The highest BCUT2D eigenvalue weighted by Gasteiger charge is 2.13. The third-order valence-corrected chi connectivity index (χ3v) is 3.94. The van der Waals surface area contributed by atoms with E-state index in [-0.39, 0.29) is 0 Å². The second-order valence-electron chi connectivity index (χ2n) is 5.62. The van der Waals surface area contributed by atoms with Gasteiger partial charge in [0.2, 0.25) is 0 Å². The standard InChI is InChI=1S/C26H20N2/c1-17-15-23(19-9-5-3-6-10-19)21-13-14-22-24(20-11-7-4-8-12-20)16-18(2)28-26(22)25(21)27-17/h3-16H,1-2H3/i1D3,2D3,3D,4D,5D,6D,7D,8D,9D,10D,11D,12D,13D,14D,15D,16D. The van der Waals surface area contributed by atoms with E-state index in [1.165, 1.54) is 0 Å². The van der Waals surface area contributed by atoms with Crippen LogP contribution in [0.1, 0.15) is 38.8 Å². The second-order valence-corrected chi connectivity index (χ2v) is 5.62. The van der Waals surface area contributed by atoms with Gasteiger partial charge in [-0.05, 0) is 48.0 Å². The zero-order valence-corrected chi connectivity index (χ0v) is 13.9. The van der Waals surface area contributed by atoms with E-state index in [9.17, 15) is 0 Å². The number of pyridine rings is 2. The highest BCUT2D eigenvalue weighted by atomic mass is 14.8. The molecule has 0 aliphatic rings. The predicted octanol–water partition coefficient (Wildman–Crippen LogP) is 6.73. The van der Waals surface area contributed by atoms with Gasteiger partial charge >= 0.3 is 0 Å². The number of hydrogen-bond donors (Lipinski definition) is 0. The van der Waals surface area contributed by atoms with Crippen molar-refractivity contribution in [1.82, 2.24) is 9.97 Å². The lowest BCUT2D eigenvalue weighted by molar-refractivity contribution is 1.23. The molecule has 0 aliphatic heterocycles. The average molecular weight is 381 g/mol. The molecule has 2 heteroatoms. The predicted molar refractivity (Wildman–Crippen MR) is 117 cm³/mol. The molecule has 0 spiro atoms. The van der Waals surface area contributed by atoms with Crippen LogP contribution in [-0.4, -0.2) is 9.97 Å². The number of aromatic nitrogens is 2. The van der Waals surface area contributed by atoms with E-state index in [2.05, 4.69) is 9.97 Å². The van der Waals surface area contributed by atoms with E-state index in [4.69, 9.17) is 27.4 Å². The molecular weight excluding hydrogens is 340 g/mol. The fourth-order valence-corrected chi connectivity index (χ4v) is 2.83. The fourth-order valence-electron chi connectivity index (χ4n) is 2.83. The zero-order chi connectivity index (χ0) is 36.3. The van der Waals surface area contributed by atoms with Crippen LogP contribution in [0, 0.1) is 13.7 Å². The largest absolute Gasteiger partial charge is 0.251 e. The molecule has 134 valence electrons. The molecule has 3 aromatic carbocycles. The van der Waals surface area contributed by atoms with Crippen LogP contribution in [0.4, 0.5) is 0 Å². The molecule has 2 aromatic heterocycles. The Hall–Kier alpha value is -3.52. The number of benzene rings is 3. The highest BCUT2D eigenvalue weighted by Crippen LogP contribution is 2.36. The SMILES string of the molecule is [2H]c1c([2H])c([2H])c(-c2c([2H])c(C([2H])([2H])[2H])nc3c2c([2H])c([2H])c2c(-c4c([2H])c([2H])c([2H])c([2H])c4[2H])c([2H])c(C([2H])([2H])[2H])nc23)c([2H])c1[2H]. The van der Waals surface area contributed by atoms with Gasteiger partial charge in [-0.3, -0.25) is 9.97 Å². The minimum Gasteiger partial charge on any atom is -0.251 e. The summed E-state index contributed by atoms with van der Waals surface area (Å²) in [6.45, 7) is -6.45. The van der Waals surface area contributed by atoms with E-state index in [0.29, 0.717) is 0 Å². The van der Waals surface area contributed by atoms with E-state index >= 15 is 0 Å². The van der Waals surface area contributed by atoms with Crippen molar-refractivity contribution >= 4 is 21.8 Å². The third-order valence-electron chi connectivity index (χ3n) is 3.94. The molecule has 5 aromatic rings. The first-order valence-corrected chi connectivity index (χ1v) is 7.89. The van der Waals surface area contributed by atoms with Crippen LogP contribution in [0.25, 0.3) is 44.1 Å². The van der Waals surface area contributed by atoms with Crippen LogP contribution in [0.15, 0.2) is 84.6 Å². The maximum atomic E-state index is 9.00. The summed E-state index contributed by atoms with van der Waals surface area (Å²) < 4.78 is 167. The molecule has 0 aliphatic carbocycles. The summed E-state index contributed by atoms with van der Waals surface area (Å²) in [5.41, 5.74) is -6.20. The molecule has 0 N–H and O–H groups in total. The van der Waals surface area contributed by atoms with Crippen molar-refractivity contribution in [3.8, 4) is 22.3 Å². The lowest BCUT2D eigenvalue weighted by atomic mass is 9.95. The van der Waals surface area contributed by atoms with Gasteiger partial charge < -0.3 is 0 Å². The normalized spacial score (nSPS) is 22.3. The van der Waals surface area contributed by atoms with Crippen molar-refractivity contribution < 1.29 is 27.4 Å². The summed E-state index contributed by atoms with van der Waals surface area (Å²) in [5, 5.41) is -1.23. The number of nitrogens with zero attached hydrogens (tertiary/aromatic N) is 2. The maximum Gasteiger partial charge on any atom is 0.0974 e. The Bertz CT molecular complexity index is 2040. The van der Waals surface area contributed by atoms with E-state index in [0.717, 1.165) is 0 Å². The summed E-state index contributed by atoms with van der Waals surface area (Å²) in [6, 6.07) is -12.4. The zero-order valence-electron chi connectivity index (χ0n) is 33.9. The Morgan fingerprint density at radius 1 is 0.607 bits per heavy atom. The molecule has 0 unspecified atom stereocenters. The highest BCUT2D eigenvalue weighted by molar-refractivity contribution is 6.12. The van der Waals surface area contributed by atoms with Gasteiger partial charge in [0.25, 0.3) is 0 Å². The first-order chi connectivity index (χ1) is 22.0. The molecule has 0 bridgehead atoms. The first-order valence-electron chi connectivity index (χ1n) is 17.9. The first kappa shape index (κ1) is 5.74. The molecule has 0 atom stereocenters. The summed E-state index contributed by atoms with van der Waals surface area (Å²) in [5.74, 6) is 0. The van der Waals surface area contributed by atoms with Gasteiger partial charge in [-0.25, -0.2) is 0 Å². The van der Waals surface area contributed by atoms with Gasteiger partial charge in [-0.15, -0.1) is 0 Å². The Morgan fingerprint density at radius 3 is 1.43 bits per heavy atom. The van der Waals surface area contributed by atoms with Crippen LogP contribution in [-0.2, 0) is 0 Å². The number of hydrogen-bond acceptors (Lipinski definition) is 2. The van der Waals surface area contributed by atoms with Crippen LogP contribution in [0.3, 0.4) is 0 Å². The second kappa shape index (κ2) is 6.58. The van der Waals surface area contributed by atoms with Crippen molar-refractivity contribution in [3.05, 3.63) is 96.0 Å². The quantitative estimate of drug-likeness (QED) is 0.317. The molecule has 0 saturated carbocycles. The van der Waals surface area contributed by atoms with Gasteiger partial charge in [0.05, 0.1) is 30.2 Å². The van der Waals surface area contributed by atoms with Crippen molar-refractivity contribution in [1.29, 1.82) is 0 Å². The molecule has 2 nitrogen and oxygen atoms in total. The minimum atomic E-state index is -3.22. The molecule has 0 amide bonds. The van der Waals surface area contributed by atoms with Crippen LogP contribution in [0.5, 0.6) is 0 Å². The van der Waals surface area contributed by atoms with Crippen LogP contribution in [0.2, 0.25) is 0 Å². The summed E-state index contributed by atoms with van der Waals surface area (Å²) in [7, 11) is 0. The number of rotatable bonds is 2. The third kappa shape index (κ3) is 2.74.